The van der Waals surface area contributed by atoms with Crippen molar-refractivity contribution in [1.82, 2.24) is 0 Å². The van der Waals surface area contributed by atoms with E-state index in [0.29, 0.717) is 5.56 Å². The van der Waals surface area contributed by atoms with Gasteiger partial charge in [-0.3, -0.25) is 4.55 Å². The lowest BCUT2D eigenvalue weighted by atomic mass is 9.99. The highest BCUT2D eigenvalue weighted by molar-refractivity contribution is 7.85. The minimum atomic E-state index is -4.25. The molecule has 0 unspecified atom stereocenters. The predicted molar refractivity (Wildman–Crippen MR) is 72.5 cm³/mol. The third-order valence-corrected chi connectivity index (χ3v) is 4.10. The van der Waals surface area contributed by atoms with Crippen LogP contribution in [0, 0.1) is 0 Å². The summed E-state index contributed by atoms with van der Waals surface area (Å²) in [6.45, 7) is -0.839. The first-order chi connectivity index (χ1) is 10.7. The van der Waals surface area contributed by atoms with Gasteiger partial charge in [-0.1, -0.05) is 0 Å². The molecular formula is C12H18O10S. The highest BCUT2D eigenvalue weighted by atomic mass is 32.2. The Morgan fingerprint density at radius 1 is 1.09 bits per heavy atom. The number of aliphatic hydroxyl groups is 4. The molecular weight excluding hydrogens is 336 g/mol. The van der Waals surface area contributed by atoms with E-state index in [4.69, 9.17) is 23.6 Å². The first kappa shape index (κ1) is 18.3. The molecule has 1 fully saturated rings. The second-order valence-electron chi connectivity index (χ2n) is 5.16. The fourth-order valence-corrected chi connectivity index (χ4v) is 2.82. The van der Waals surface area contributed by atoms with Gasteiger partial charge in [-0.05, 0) is 0 Å². The molecule has 1 aromatic heterocycles. The molecule has 23 heavy (non-hydrogen) atoms. The molecule has 2 heterocycles. The molecule has 1 aliphatic rings. The molecule has 5 N–H and O–H groups in total. The van der Waals surface area contributed by atoms with Crippen molar-refractivity contribution < 1.29 is 47.3 Å². The van der Waals surface area contributed by atoms with E-state index in [0.717, 1.165) is 6.26 Å². The normalized spacial score (nSPS) is 32.1. The number of hydrogen-bond donors (Lipinski definition) is 5. The Labute approximate surface area is 131 Å². The van der Waals surface area contributed by atoms with Crippen LogP contribution < -0.4 is 0 Å². The summed E-state index contributed by atoms with van der Waals surface area (Å²) in [6.07, 6.45) is -4.78. The van der Waals surface area contributed by atoms with Crippen molar-refractivity contribution >= 4 is 10.1 Å². The van der Waals surface area contributed by atoms with Crippen molar-refractivity contribution in [3.05, 3.63) is 23.7 Å². The first-order valence-corrected chi connectivity index (χ1v) is 8.25. The molecule has 2 rings (SSSR count). The molecule has 5 atom stereocenters. The Hall–Kier alpha value is -1.05. The van der Waals surface area contributed by atoms with Crippen LogP contribution in [0.1, 0.15) is 11.1 Å². The minimum absolute atomic E-state index is 0.164. The Bertz CT molecular complexity index is 609. The Kier molecular flexibility index (Phi) is 5.75. The fourth-order valence-electron chi connectivity index (χ4n) is 2.18. The van der Waals surface area contributed by atoms with E-state index in [-0.39, 0.29) is 12.2 Å². The summed E-state index contributed by atoms with van der Waals surface area (Å²) in [5.41, 5.74) is 0.455. The quantitative estimate of drug-likeness (QED) is 0.360. The van der Waals surface area contributed by atoms with Crippen LogP contribution in [0.4, 0.5) is 0 Å². The van der Waals surface area contributed by atoms with E-state index < -0.39 is 53.2 Å². The van der Waals surface area contributed by atoms with Crippen LogP contribution in [0.25, 0.3) is 0 Å². The van der Waals surface area contributed by atoms with Crippen LogP contribution in [0.5, 0.6) is 0 Å². The van der Waals surface area contributed by atoms with Gasteiger partial charge in [0.2, 0.25) is 0 Å². The van der Waals surface area contributed by atoms with Gasteiger partial charge in [-0.2, -0.15) is 8.42 Å². The summed E-state index contributed by atoms with van der Waals surface area (Å²) < 4.78 is 45.9. The summed E-state index contributed by atoms with van der Waals surface area (Å²) in [4.78, 5) is 0. The lowest BCUT2D eigenvalue weighted by Gasteiger charge is -2.39. The van der Waals surface area contributed by atoms with Crippen LogP contribution in [0.3, 0.4) is 0 Å². The minimum Gasteiger partial charge on any atom is -0.472 e. The number of furan rings is 1. The van der Waals surface area contributed by atoms with Crippen LogP contribution in [-0.2, 0) is 32.0 Å². The third kappa shape index (κ3) is 4.49. The SMILES string of the molecule is O=S(=O)(O)Cc1cocc1CO[C@@H]1O[C@H](CO)[C@H](O)[C@H](O)[C@H]1O. The maximum absolute atomic E-state index is 10.9. The molecule has 0 amide bonds. The number of ether oxygens (including phenoxy) is 2. The van der Waals surface area contributed by atoms with Gasteiger partial charge in [0.25, 0.3) is 10.1 Å². The standard InChI is InChI=1S/C12H18O10S/c13-1-8-9(14)10(15)11(16)12(22-8)21-4-6-2-20-3-7(6)5-23(17,18)19/h2-3,8-16H,1,4-5H2,(H,17,18,19)/t8-,9+,10+,11-,12-/m1/s1. The molecule has 0 spiro atoms. The van der Waals surface area contributed by atoms with Gasteiger partial charge in [-0.25, -0.2) is 0 Å². The summed E-state index contributed by atoms with van der Waals surface area (Å²) >= 11 is 0. The lowest BCUT2D eigenvalue weighted by Crippen LogP contribution is -2.59. The van der Waals surface area contributed by atoms with Crippen LogP contribution in [0.2, 0.25) is 0 Å². The Morgan fingerprint density at radius 2 is 1.74 bits per heavy atom. The summed E-state index contributed by atoms with van der Waals surface area (Å²) in [7, 11) is -4.25. The Morgan fingerprint density at radius 3 is 2.35 bits per heavy atom. The zero-order valence-corrected chi connectivity index (χ0v) is 12.7. The Balaban J connectivity index is 2.02. The second kappa shape index (κ2) is 7.23. The molecule has 10 nitrogen and oxygen atoms in total. The summed E-state index contributed by atoms with van der Waals surface area (Å²) in [6, 6.07) is 0. The monoisotopic (exact) mass is 354 g/mol. The van der Waals surface area contributed by atoms with Gasteiger partial charge in [0.1, 0.15) is 30.2 Å². The van der Waals surface area contributed by atoms with Crippen molar-refractivity contribution in [3.63, 3.8) is 0 Å². The summed E-state index contributed by atoms with van der Waals surface area (Å²) in [5, 5.41) is 38.1. The fraction of sp³-hybridized carbons (Fsp3) is 0.667. The topological polar surface area (TPSA) is 167 Å². The van der Waals surface area contributed by atoms with Crippen molar-refractivity contribution in [2.45, 2.75) is 43.1 Å². The van der Waals surface area contributed by atoms with Crippen molar-refractivity contribution in [1.29, 1.82) is 0 Å². The molecule has 0 aliphatic carbocycles. The van der Waals surface area contributed by atoms with Gasteiger partial charge < -0.3 is 34.3 Å². The van der Waals surface area contributed by atoms with E-state index in [1.54, 1.807) is 0 Å². The van der Waals surface area contributed by atoms with Gasteiger partial charge >= 0.3 is 0 Å². The van der Waals surface area contributed by atoms with Crippen molar-refractivity contribution in [3.8, 4) is 0 Å². The highest BCUT2D eigenvalue weighted by Crippen LogP contribution is 2.24. The molecule has 1 aromatic rings. The average Bonchev–Trinajstić information content (AvgIpc) is 2.89. The van der Waals surface area contributed by atoms with Gasteiger partial charge in [0.15, 0.2) is 6.29 Å². The summed E-state index contributed by atoms with van der Waals surface area (Å²) in [5.74, 6) is -0.670. The molecule has 1 saturated heterocycles. The maximum atomic E-state index is 10.9. The maximum Gasteiger partial charge on any atom is 0.269 e. The van der Waals surface area contributed by atoms with E-state index in [1.165, 1.54) is 6.26 Å². The number of hydrogen-bond acceptors (Lipinski definition) is 9. The number of rotatable bonds is 6. The highest BCUT2D eigenvalue weighted by Gasteiger charge is 2.44. The van der Waals surface area contributed by atoms with Gasteiger partial charge in [0, 0.05) is 11.1 Å². The lowest BCUT2D eigenvalue weighted by molar-refractivity contribution is -0.304. The van der Waals surface area contributed by atoms with Crippen LogP contribution in [-0.4, -0.2) is 70.7 Å². The largest absolute Gasteiger partial charge is 0.472 e. The average molecular weight is 354 g/mol. The second-order valence-corrected chi connectivity index (χ2v) is 6.61. The van der Waals surface area contributed by atoms with E-state index in [2.05, 4.69) is 0 Å². The molecule has 132 valence electrons. The third-order valence-electron chi connectivity index (χ3n) is 3.42. The molecule has 11 heteroatoms. The van der Waals surface area contributed by atoms with Crippen molar-refractivity contribution in [2.24, 2.45) is 0 Å². The molecule has 0 bridgehead atoms. The molecule has 1 aliphatic heterocycles. The zero-order valence-electron chi connectivity index (χ0n) is 11.8. The molecule has 0 aromatic carbocycles. The van der Waals surface area contributed by atoms with E-state index >= 15 is 0 Å². The van der Waals surface area contributed by atoms with Crippen molar-refractivity contribution in [2.75, 3.05) is 6.61 Å². The predicted octanol–water partition coefficient (Wildman–Crippen LogP) is -2.02. The molecule has 0 saturated carbocycles. The number of aliphatic hydroxyl groups excluding tert-OH is 4. The first-order valence-electron chi connectivity index (χ1n) is 6.64. The smallest absolute Gasteiger partial charge is 0.269 e. The molecule has 0 radical (unpaired) electrons. The van der Waals surface area contributed by atoms with Gasteiger partial charge in [-0.15, -0.1) is 0 Å². The zero-order chi connectivity index (χ0) is 17.2. The van der Waals surface area contributed by atoms with Crippen LogP contribution in [0.15, 0.2) is 16.9 Å². The van der Waals surface area contributed by atoms with E-state index in [1.807, 2.05) is 0 Å². The van der Waals surface area contributed by atoms with Gasteiger partial charge in [0.05, 0.1) is 25.7 Å². The van der Waals surface area contributed by atoms with E-state index in [9.17, 15) is 23.7 Å². The van der Waals surface area contributed by atoms with Crippen LogP contribution >= 0.6 is 0 Å².